The Morgan fingerprint density at radius 1 is 1.25 bits per heavy atom. The first kappa shape index (κ1) is 12.1. The Labute approximate surface area is 105 Å². The predicted molar refractivity (Wildman–Crippen MR) is 69.1 cm³/mol. The van der Waals surface area contributed by atoms with E-state index in [0.717, 1.165) is 24.3 Å². The van der Waals surface area contributed by atoms with E-state index in [1.807, 2.05) is 12.1 Å². The molecule has 0 bridgehead atoms. The van der Waals surface area contributed by atoms with Gasteiger partial charge in [-0.05, 0) is 65.1 Å². The van der Waals surface area contributed by atoms with E-state index in [2.05, 4.69) is 22.9 Å². The van der Waals surface area contributed by atoms with Gasteiger partial charge in [0, 0.05) is 0 Å². The van der Waals surface area contributed by atoms with Gasteiger partial charge in [0.15, 0.2) is 0 Å². The van der Waals surface area contributed by atoms with E-state index >= 15 is 0 Å². The largest absolute Gasteiger partial charge is 0.205 e. The summed E-state index contributed by atoms with van der Waals surface area (Å²) >= 11 is 3.26. The summed E-state index contributed by atoms with van der Waals surface area (Å²) in [6, 6.07) is 5.65. The Bertz CT molecular complexity index is 354. The van der Waals surface area contributed by atoms with Crippen LogP contribution >= 0.6 is 15.9 Å². The molecule has 2 heteroatoms. The highest BCUT2D eigenvalue weighted by molar-refractivity contribution is 9.10. The van der Waals surface area contributed by atoms with Crippen molar-refractivity contribution in [1.82, 2.24) is 0 Å². The molecule has 2 rings (SSSR count). The molecule has 0 radical (unpaired) electrons. The van der Waals surface area contributed by atoms with Gasteiger partial charge in [0.2, 0.25) is 0 Å². The third kappa shape index (κ3) is 2.48. The van der Waals surface area contributed by atoms with Gasteiger partial charge in [-0.25, -0.2) is 4.39 Å². The lowest BCUT2D eigenvalue weighted by atomic mass is 9.78. The molecule has 1 aliphatic carbocycles. The van der Waals surface area contributed by atoms with Crippen molar-refractivity contribution in [2.45, 2.75) is 44.9 Å². The minimum atomic E-state index is -0.0533. The Kier molecular flexibility index (Phi) is 4.01. The van der Waals surface area contributed by atoms with Gasteiger partial charge in [0.25, 0.3) is 0 Å². The molecule has 0 unspecified atom stereocenters. The van der Waals surface area contributed by atoms with E-state index < -0.39 is 0 Å². The highest BCUT2D eigenvalue weighted by Gasteiger charge is 2.23. The van der Waals surface area contributed by atoms with Crippen molar-refractivity contribution in [3.8, 4) is 0 Å². The monoisotopic (exact) mass is 284 g/mol. The molecule has 0 aliphatic heterocycles. The highest BCUT2D eigenvalue weighted by atomic mass is 79.9. The summed E-state index contributed by atoms with van der Waals surface area (Å²) in [6.45, 7) is 2.25. The van der Waals surface area contributed by atoms with Crippen LogP contribution in [0.15, 0.2) is 22.7 Å². The minimum absolute atomic E-state index is 0.0533. The Hall–Kier alpha value is -0.370. The Morgan fingerprint density at radius 2 is 1.94 bits per heavy atom. The molecule has 0 amide bonds. The van der Waals surface area contributed by atoms with Crippen LogP contribution in [-0.4, -0.2) is 0 Å². The molecule has 0 atom stereocenters. The predicted octanol–water partition coefficient (Wildman–Crippen LogP) is 5.27. The maximum atomic E-state index is 13.9. The molecule has 1 aromatic rings. The molecule has 88 valence electrons. The zero-order valence-corrected chi connectivity index (χ0v) is 11.3. The number of hydrogen-bond acceptors (Lipinski definition) is 0. The van der Waals surface area contributed by atoms with Crippen molar-refractivity contribution in [2.24, 2.45) is 5.92 Å². The van der Waals surface area contributed by atoms with Crippen LogP contribution in [0.2, 0.25) is 0 Å². The van der Waals surface area contributed by atoms with Crippen LogP contribution < -0.4 is 0 Å². The first-order chi connectivity index (χ1) is 7.72. The molecule has 0 heterocycles. The molecular formula is C14H18BrF. The lowest BCUT2D eigenvalue weighted by Crippen LogP contribution is -2.13. The van der Waals surface area contributed by atoms with Crippen LogP contribution in [0.4, 0.5) is 4.39 Å². The topological polar surface area (TPSA) is 0 Å². The summed E-state index contributed by atoms with van der Waals surface area (Å²) in [7, 11) is 0. The van der Waals surface area contributed by atoms with Crippen LogP contribution in [-0.2, 0) is 0 Å². The van der Waals surface area contributed by atoms with Gasteiger partial charge in [0.1, 0.15) is 5.82 Å². The van der Waals surface area contributed by atoms with E-state index in [4.69, 9.17) is 0 Å². The van der Waals surface area contributed by atoms with Crippen molar-refractivity contribution in [2.75, 3.05) is 0 Å². The lowest BCUT2D eigenvalue weighted by Gasteiger charge is -2.28. The first-order valence-electron chi connectivity index (χ1n) is 6.16. The van der Waals surface area contributed by atoms with E-state index in [1.165, 1.54) is 19.3 Å². The average molecular weight is 285 g/mol. The standard InChI is InChI=1S/C14H18BrF/c1-2-10-6-8-11(9-7-10)12-4-3-5-13(15)14(12)16/h3-5,10-11H,2,6-9H2,1H3. The van der Waals surface area contributed by atoms with E-state index in [1.54, 1.807) is 6.07 Å². The van der Waals surface area contributed by atoms with Crippen LogP contribution in [0.3, 0.4) is 0 Å². The summed E-state index contributed by atoms with van der Waals surface area (Å²) in [6.07, 6.45) is 6.08. The van der Waals surface area contributed by atoms with Crippen LogP contribution in [0.5, 0.6) is 0 Å². The fourth-order valence-corrected chi connectivity index (χ4v) is 3.10. The Morgan fingerprint density at radius 3 is 2.56 bits per heavy atom. The summed E-state index contributed by atoms with van der Waals surface area (Å²) in [5.74, 6) is 1.24. The number of benzene rings is 1. The van der Waals surface area contributed by atoms with Gasteiger partial charge in [-0.15, -0.1) is 0 Å². The molecule has 16 heavy (non-hydrogen) atoms. The molecule has 1 aliphatic rings. The van der Waals surface area contributed by atoms with Crippen molar-refractivity contribution < 1.29 is 4.39 Å². The van der Waals surface area contributed by atoms with Gasteiger partial charge in [-0.1, -0.05) is 25.5 Å². The lowest BCUT2D eigenvalue weighted by molar-refractivity contribution is 0.314. The second-order valence-electron chi connectivity index (χ2n) is 4.77. The minimum Gasteiger partial charge on any atom is -0.205 e. The Balaban J connectivity index is 2.11. The molecule has 0 aromatic heterocycles. The highest BCUT2D eigenvalue weighted by Crippen LogP contribution is 2.38. The molecule has 0 spiro atoms. The summed E-state index contributed by atoms with van der Waals surface area (Å²) in [4.78, 5) is 0. The fraction of sp³-hybridized carbons (Fsp3) is 0.571. The zero-order valence-electron chi connectivity index (χ0n) is 9.68. The van der Waals surface area contributed by atoms with E-state index in [-0.39, 0.29) is 5.82 Å². The van der Waals surface area contributed by atoms with Gasteiger partial charge in [-0.2, -0.15) is 0 Å². The van der Waals surface area contributed by atoms with Crippen LogP contribution in [0, 0.1) is 11.7 Å². The SMILES string of the molecule is CCC1CCC(c2cccc(Br)c2F)CC1. The normalized spacial score (nSPS) is 25.7. The number of rotatable bonds is 2. The average Bonchev–Trinajstić information content (AvgIpc) is 2.33. The van der Waals surface area contributed by atoms with Gasteiger partial charge >= 0.3 is 0 Å². The number of hydrogen-bond donors (Lipinski definition) is 0. The van der Waals surface area contributed by atoms with Crippen molar-refractivity contribution in [3.05, 3.63) is 34.1 Å². The number of halogens is 2. The molecule has 0 nitrogen and oxygen atoms in total. The van der Waals surface area contributed by atoms with E-state index in [9.17, 15) is 4.39 Å². The van der Waals surface area contributed by atoms with Crippen LogP contribution in [0.25, 0.3) is 0 Å². The van der Waals surface area contributed by atoms with Crippen molar-refractivity contribution in [3.63, 3.8) is 0 Å². The van der Waals surface area contributed by atoms with Gasteiger partial charge in [-0.3, -0.25) is 0 Å². The quantitative estimate of drug-likeness (QED) is 0.694. The molecule has 0 N–H and O–H groups in total. The zero-order chi connectivity index (χ0) is 11.5. The molecule has 1 saturated carbocycles. The second kappa shape index (κ2) is 5.31. The van der Waals surface area contributed by atoms with Crippen molar-refractivity contribution >= 4 is 15.9 Å². The van der Waals surface area contributed by atoms with Crippen molar-refractivity contribution in [1.29, 1.82) is 0 Å². The maximum Gasteiger partial charge on any atom is 0.140 e. The molecular weight excluding hydrogens is 267 g/mol. The van der Waals surface area contributed by atoms with Gasteiger partial charge in [0.05, 0.1) is 4.47 Å². The summed E-state index contributed by atoms with van der Waals surface area (Å²) in [5.41, 5.74) is 0.906. The second-order valence-corrected chi connectivity index (χ2v) is 5.62. The first-order valence-corrected chi connectivity index (χ1v) is 6.95. The summed E-state index contributed by atoms with van der Waals surface area (Å²) < 4.78 is 14.5. The third-order valence-corrected chi connectivity index (χ3v) is 4.46. The molecule has 1 fully saturated rings. The summed E-state index contributed by atoms with van der Waals surface area (Å²) in [5, 5.41) is 0. The van der Waals surface area contributed by atoms with Gasteiger partial charge < -0.3 is 0 Å². The molecule has 1 aromatic carbocycles. The van der Waals surface area contributed by atoms with E-state index in [0.29, 0.717) is 10.4 Å². The van der Waals surface area contributed by atoms with Crippen LogP contribution in [0.1, 0.15) is 50.5 Å². The molecule has 0 saturated heterocycles. The maximum absolute atomic E-state index is 13.9. The smallest absolute Gasteiger partial charge is 0.140 e. The third-order valence-electron chi connectivity index (χ3n) is 3.85. The fourth-order valence-electron chi connectivity index (χ4n) is 2.72.